The first-order valence-corrected chi connectivity index (χ1v) is 11.7. The van der Waals surface area contributed by atoms with Gasteiger partial charge < -0.3 is 14.2 Å². The summed E-state index contributed by atoms with van der Waals surface area (Å²) >= 11 is 0. The van der Waals surface area contributed by atoms with E-state index in [2.05, 4.69) is 76.2 Å². The minimum Gasteiger partial charge on any atom is -0.321 e. The van der Waals surface area contributed by atoms with Crippen molar-refractivity contribution in [3.8, 4) is 0 Å². The Morgan fingerprint density at radius 1 is 0.500 bits per heavy atom. The number of hydrogen-bond donors (Lipinski definition) is 0. The molecule has 0 saturated carbocycles. The third kappa shape index (κ3) is 13.2. The SMILES string of the molecule is CCCCCCCCC(CCC)C(OC(C)(C)C)(OC(C)(C)C)OC(C)(C)C. The van der Waals surface area contributed by atoms with Gasteiger partial charge in [-0.15, -0.1) is 0 Å². The van der Waals surface area contributed by atoms with Gasteiger partial charge in [-0.3, -0.25) is 0 Å². The first kappa shape index (κ1) is 27.9. The predicted molar refractivity (Wildman–Crippen MR) is 122 cm³/mol. The van der Waals surface area contributed by atoms with Crippen LogP contribution in [-0.4, -0.2) is 22.8 Å². The second-order valence-corrected chi connectivity index (χ2v) is 11.3. The van der Waals surface area contributed by atoms with Crippen LogP contribution in [0.4, 0.5) is 0 Å². The van der Waals surface area contributed by atoms with Gasteiger partial charge in [-0.2, -0.15) is 0 Å². The van der Waals surface area contributed by atoms with E-state index >= 15 is 0 Å². The maximum absolute atomic E-state index is 6.64. The first-order chi connectivity index (χ1) is 12.6. The lowest BCUT2D eigenvalue weighted by Crippen LogP contribution is -2.56. The van der Waals surface area contributed by atoms with Crippen LogP contribution in [-0.2, 0) is 14.2 Å². The Morgan fingerprint density at radius 2 is 0.893 bits per heavy atom. The molecule has 28 heavy (non-hydrogen) atoms. The van der Waals surface area contributed by atoms with Gasteiger partial charge in [0.25, 0.3) is 5.97 Å². The highest BCUT2D eigenvalue weighted by molar-refractivity contribution is 4.82. The highest BCUT2D eigenvalue weighted by Gasteiger charge is 2.49. The Hall–Kier alpha value is -0.120. The third-order valence-electron chi connectivity index (χ3n) is 4.39. The van der Waals surface area contributed by atoms with Crippen LogP contribution >= 0.6 is 0 Å². The van der Waals surface area contributed by atoms with Crippen molar-refractivity contribution < 1.29 is 14.2 Å². The normalized spacial score (nSPS) is 15.1. The Morgan fingerprint density at radius 3 is 1.25 bits per heavy atom. The van der Waals surface area contributed by atoms with E-state index in [4.69, 9.17) is 14.2 Å². The molecule has 0 fully saturated rings. The Balaban J connectivity index is 5.65. The largest absolute Gasteiger partial charge is 0.321 e. The molecule has 1 atom stereocenters. The van der Waals surface area contributed by atoms with Crippen LogP contribution in [0.1, 0.15) is 134 Å². The molecule has 1 unspecified atom stereocenters. The second-order valence-electron chi connectivity index (χ2n) is 11.3. The molecule has 0 heterocycles. The molecule has 0 aromatic rings. The molecule has 170 valence electrons. The molecule has 0 aromatic heterocycles. The fourth-order valence-electron chi connectivity index (χ4n) is 3.61. The van der Waals surface area contributed by atoms with Crippen LogP contribution in [0.3, 0.4) is 0 Å². The molecular formula is C25H52O3. The molecular weight excluding hydrogens is 348 g/mol. The molecule has 0 aliphatic rings. The molecule has 3 heteroatoms. The smallest absolute Gasteiger partial charge is 0.287 e. The monoisotopic (exact) mass is 400 g/mol. The van der Waals surface area contributed by atoms with Crippen molar-refractivity contribution in [1.82, 2.24) is 0 Å². The van der Waals surface area contributed by atoms with Gasteiger partial charge in [0.05, 0.1) is 16.8 Å². The maximum Gasteiger partial charge on any atom is 0.287 e. The van der Waals surface area contributed by atoms with Crippen LogP contribution in [0.5, 0.6) is 0 Å². The summed E-state index contributed by atoms with van der Waals surface area (Å²) < 4.78 is 19.9. The maximum atomic E-state index is 6.64. The zero-order chi connectivity index (χ0) is 22.1. The van der Waals surface area contributed by atoms with E-state index < -0.39 is 5.97 Å². The summed E-state index contributed by atoms with van der Waals surface area (Å²) in [7, 11) is 0. The highest BCUT2D eigenvalue weighted by atomic mass is 16.9. The van der Waals surface area contributed by atoms with E-state index in [1.165, 1.54) is 38.5 Å². The van der Waals surface area contributed by atoms with Gasteiger partial charge in [-0.1, -0.05) is 58.8 Å². The lowest BCUT2D eigenvalue weighted by molar-refractivity contribution is -0.468. The van der Waals surface area contributed by atoms with Gasteiger partial charge >= 0.3 is 0 Å². The van der Waals surface area contributed by atoms with Gasteiger partial charge in [0.15, 0.2) is 0 Å². The Kier molecular flexibility index (Phi) is 11.9. The average Bonchev–Trinajstić information content (AvgIpc) is 2.44. The van der Waals surface area contributed by atoms with E-state index in [-0.39, 0.29) is 22.7 Å². The molecule has 0 aromatic carbocycles. The minimum atomic E-state index is -1.03. The molecule has 3 nitrogen and oxygen atoms in total. The first-order valence-electron chi connectivity index (χ1n) is 11.7. The van der Waals surface area contributed by atoms with E-state index in [1.807, 2.05) is 0 Å². The van der Waals surface area contributed by atoms with Gasteiger partial charge in [-0.05, 0) is 75.2 Å². The number of hydrogen-bond acceptors (Lipinski definition) is 3. The second kappa shape index (κ2) is 11.9. The summed E-state index contributed by atoms with van der Waals surface area (Å²) in [6.07, 6.45) is 11.0. The van der Waals surface area contributed by atoms with E-state index in [0.717, 1.165) is 19.3 Å². The lowest BCUT2D eigenvalue weighted by atomic mass is 9.91. The summed E-state index contributed by atoms with van der Waals surface area (Å²) in [6, 6.07) is 0. The van der Waals surface area contributed by atoms with Gasteiger partial charge in [0.2, 0.25) is 0 Å². The van der Waals surface area contributed by atoms with Gasteiger partial charge in [0, 0.05) is 5.92 Å². The molecule has 0 saturated heterocycles. The van der Waals surface area contributed by atoms with Crippen LogP contribution in [0, 0.1) is 5.92 Å². The molecule has 0 spiro atoms. The van der Waals surface area contributed by atoms with E-state index in [1.54, 1.807) is 0 Å². The zero-order valence-corrected chi connectivity index (χ0v) is 21.2. The summed E-state index contributed by atoms with van der Waals surface area (Å²) in [4.78, 5) is 0. The molecule has 0 bridgehead atoms. The molecule has 0 amide bonds. The number of unbranched alkanes of at least 4 members (excludes halogenated alkanes) is 5. The van der Waals surface area contributed by atoms with Crippen molar-refractivity contribution in [2.75, 3.05) is 0 Å². The quantitative estimate of drug-likeness (QED) is 0.230. The summed E-state index contributed by atoms with van der Waals surface area (Å²) in [5, 5.41) is 0. The minimum absolute atomic E-state index is 0.210. The fourth-order valence-corrected chi connectivity index (χ4v) is 3.61. The van der Waals surface area contributed by atoms with Crippen molar-refractivity contribution in [3.05, 3.63) is 0 Å². The molecule has 0 rings (SSSR count). The third-order valence-corrected chi connectivity index (χ3v) is 4.39. The van der Waals surface area contributed by atoms with Crippen molar-refractivity contribution in [3.63, 3.8) is 0 Å². The predicted octanol–water partition coefficient (Wildman–Crippen LogP) is 8.25. The average molecular weight is 401 g/mol. The number of rotatable bonds is 13. The van der Waals surface area contributed by atoms with Crippen molar-refractivity contribution >= 4 is 0 Å². The van der Waals surface area contributed by atoms with Gasteiger partial charge in [0.1, 0.15) is 0 Å². The van der Waals surface area contributed by atoms with Crippen LogP contribution in [0.2, 0.25) is 0 Å². The summed E-state index contributed by atoms with van der Waals surface area (Å²) in [6.45, 7) is 23.3. The molecule has 0 N–H and O–H groups in total. The summed E-state index contributed by atoms with van der Waals surface area (Å²) in [5.74, 6) is -0.824. The van der Waals surface area contributed by atoms with Crippen molar-refractivity contribution in [2.45, 2.75) is 157 Å². The van der Waals surface area contributed by atoms with E-state index in [0.29, 0.717) is 0 Å². The standard InChI is InChI=1S/C25H52O3/c1-12-14-15-16-17-18-20-21(19-13-2)25(26-22(3,4)5,27-23(6,7)8)28-24(9,10)11/h21H,12-20H2,1-11H3. The topological polar surface area (TPSA) is 27.7 Å². The molecule has 0 aliphatic heterocycles. The van der Waals surface area contributed by atoms with Crippen LogP contribution < -0.4 is 0 Å². The highest BCUT2D eigenvalue weighted by Crippen LogP contribution is 2.42. The summed E-state index contributed by atoms with van der Waals surface area (Å²) in [5.41, 5.74) is -1.07. The van der Waals surface area contributed by atoms with Crippen molar-refractivity contribution in [2.24, 2.45) is 5.92 Å². The van der Waals surface area contributed by atoms with Crippen molar-refractivity contribution in [1.29, 1.82) is 0 Å². The van der Waals surface area contributed by atoms with Crippen LogP contribution in [0.15, 0.2) is 0 Å². The Bertz CT molecular complexity index is 355. The lowest BCUT2D eigenvalue weighted by Gasteiger charge is -2.49. The fraction of sp³-hybridized carbons (Fsp3) is 1.00. The molecule has 0 radical (unpaired) electrons. The molecule has 0 aliphatic carbocycles. The number of ether oxygens (including phenoxy) is 3. The van der Waals surface area contributed by atoms with Crippen LogP contribution in [0.25, 0.3) is 0 Å². The zero-order valence-electron chi connectivity index (χ0n) is 21.2. The van der Waals surface area contributed by atoms with E-state index in [9.17, 15) is 0 Å². The van der Waals surface area contributed by atoms with Gasteiger partial charge in [-0.25, -0.2) is 0 Å². The Labute approximate surface area is 177 Å².